The van der Waals surface area contributed by atoms with Crippen LogP contribution in [0.15, 0.2) is 47.6 Å². The number of hydrazone groups is 1. The third-order valence-electron chi connectivity index (χ3n) is 3.92. The molecule has 122 valence electrons. The molecule has 0 saturated carbocycles. The first kappa shape index (κ1) is 17.5. The number of amides is 1. The lowest BCUT2D eigenvalue weighted by Crippen LogP contribution is -2.28. The molecule has 0 radical (unpaired) electrons. The van der Waals surface area contributed by atoms with Crippen molar-refractivity contribution in [3.05, 3.63) is 70.3 Å². The molecule has 0 unspecified atom stereocenters. The number of rotatable bonds is 5. The molecule has 0 aliphatic rings. The Labute approximate surface area is 144 Å². The minimum Gasteiger partial charge on any atom is -0.273 e. The highest BCUT2D eigenvalue weighted by atomic mass is 16.2. The zero-order chi connectivity index (χ0) is 17.5. The second kappa shape index (κ2) is 8.12. The number of hydrogen-bond donors (Lipinski definition) is 0. The van der Waals surface area contributed by atoms with Gasteiger partial charge in [0, 0.05) is 0 Å². The van der Waals surface area contributed by atoms with Crippen molar-refractivity contribution in [3.63, 3.8) is 0 Å². The molecule has 0 fully saturated rings. The largest absolute Gasteiger partial charge is 0.273 e. The molecular formula is C21H22N2O. The van der Waals surface area contributed by atoms with Crippen LogP contribution in [0.3, 0.4) is 0 Å². The zero-order valence-corrected chi connectivity index (χ0v) is 14.4. The van der Waals surface area contributed by atoms with Gasteiger partial charge in [-0.1, -0.05) is 53.9 Å². The maximum atomic E-state index is 12.6. The molecule has 3 nitrogen and oxygen atoms in total. The van der Waals surface area contributed by atoms with Gasteiger partial charge in [-0.3, -0.25) is 4.79 Å². The van der Waals surface area contributed by atoms with Gasteiger partial charge < -0.3 is 0 Å². The number of benzene rings is 2. The highest BCUT2D eigenvalue weighted by Crippen LogP contribution is 2.15. The van der Waals surface area contributed by atoms with Gasteiger partial charge in [0.15, 0.2) is 0 Å². The van der Waals surface area contributed by atoms with E-state index >= 15 is 0 Å². The molecule has 2 aromatic rings. The average molecular weight is 318 g/mol. The zero-order valence-electron chi connectivity index (χ0n) is 14.4. The normalized spacial score (nSPS) is 10.6. The molecule has 0 atom stereocenters. The lowest BCUT2D eigenvalue weighted by Gasteiger charge is -2.16. The molecule has 0 N–H and O–H groups in total. The van der Waals surface area contributed by atoms with Crippen LogP contribution in [0.4, 0.5) is 0 Å². The van der Waals surface area contributed by atoms with Crippen LogP contribution in [0.5, 0.6) is 0 Å². The summed E-state index contributed by atoms with van der Waals surface area (Å²) in [6.07, 6.45) is 7.35. The standard InChI is InChI=1S/C21H22N2O/c1-5-13-23(22-15-19-11-9-16(2)10-12-19)21(24)14-20-17(3)7-6-8-18(20)4/h1,6-12,15H,13-14H2,2-4H3/b22-15+. The number of nitrogens with zero attached hydrogens (tertiary/aromatic N) is 2. The van der Waals surface area contributed by atoms with Gasteiger partial charge in [-0.05, 0) is 43.0 Å². The van der Waals surface area contributed by atoms with Crippen molar-refractivity contribution in [3.8, 4) is 12.3 Å². The third kappa shape index (κ3) is 4.57. The predicted octanol–water partition coefficient (Wildman–Crippen LogP) is 3.65. The monoisotopic (exact) mass is 318 g/mol. The number of carbonyl (C=O) groups is 1. The van der Waals surface area contributed by atoms with Crippen LogP contribution in [0.1, 0.15) is 27.8 Å². The van der Waals surface area contributed by atoms with Crippen molar-refractivity contribution in [1.82, 2.24) is 5.01 Å². The van der Waals surface area contributed by atoms with Gasteiger partial charge in [-0.15, -0.1) is 6.42 Å². The van der Waals surface area contributed by atoms with E-state index in [9.17, 15) is 4.79 Å². The smallest absolute Gasteiger partial charge is 0.248 e. The molecule has 0 aromatic heterocycles. The number of aryl methyl sites for hydroxylation is 3. The lowest BCUT2D eigenvalue weighted by atomic mass is 10.00. The topological polar surface area (TPSA) is 32.7 Å². The van der Waals surface area contributed by atoms with E-state index in [1.165, 1.54) is 10.6 Å². The molecule has 2 aromatic carbocycles. The summed E-state index contributed by atoms with van der Waals surface area (Å²) in [6.45, 7) is 6.21. The van der Waals surface area contributed by atoms with E-state index in [0.29, 0.717) is 6.42 Å². The summed E-state index contributed by atoms with van der Waals surface area (Å²) < 4.78 is 0. The molecule has 0 aliphatic heterocycles. The van der Waals surface area contributed by atoms with Gasteiger partial charge in [0.05, 0.1) is 12.6 Å². The van der Waals surface area contributed by atoms with Crippen molar-refractivity contribution in [1.29, 1.82) is 0 Å². The van der Waals surface area contributed by atoms with Gasteiger partial charge in [0.25, 0.3) is 0 Å². The van der Waals surface area contributed by atoms with E-state index in [4.69, 9.17) is 6.42 Å². The Kier molecular flexibility index (Phi) is 5.92. The molecular weight excluding hydrogens is 296 g/mol. The molecule has 1 amide bonds. The lowest BCUT2D eigenvalue weighted by molar-refractivity contribution is -0.129. The van der Waals surface area contributed by atoms with Crippen LogP contribution in [-0.2, 0) is 11.2 Å². The number of hydrogen-bond acceptors (Lipinski definition) is 2. The van der Waals surface area contributed by atoms with E-state index in [1.807, 2.05) is 63.2 Å². The van der Waals surface area contributed by atoms with Gasteiger partial charge in [0.1, 0.15) is 6.54 Å². The fourth-order valence-electron chi connectivity index (χ4n) is 2.44. The molecule has 0 aliphatic carbocycles. The van der Waals surface area contributed by atoms with Crippen molar-refractivity contribution in [2.75, 3.05) is 6.54 Å². The van der Waals surface area contributed by atoms with E-state index in [0.717, 1.165) is 22.3 Å². The fourth-order valence-corrected chi connectivity index (χ4v) is 2.44. The van der Waals surface area contributed by atoms with Crippen molar-refractivity contribution in [2.45, 2.75) is 27.2 Å². The summed E-state index contributed by atoms with van der Waals surface area (Å²) in [6, 6.07) is 13.9. The number of terminal acetylenes is 1. The minimum absolute atomic E-state index is 0.103. The van der Waals surface area contributed by atoms with Gasteiger partial charge in [0.2, 0.25) is 5.91 Å². The van der Waals surface area contributed by atoms with E-state index in [1.54, 1.807) is 6.21 Å². The molecule has 2 rings (SSSR count). The van der Waals surface area contributed by atoms with Gasteiger partial charge in [-0.25, -0.2) is 5.01 Å². The molecule has 24 heavy (non-hydrogen) atoms. The first-order valence-electron chi connectivity index (χ1n) is 7.91. The fraction of sp³-hybridized carbons (Fsp3) is 0.238. The molecule has 0 bridgehead atoms. The van der Waals surface area contributed by atoms with Crippen LogP contribution in [0.25, 0.3) is 0 Å². The van der Waals surface area contributed by atoms with Crippen LogP contribution in [0.2, 0.25) is 0 Å². The molecule has 3 heteroatoms. The second-order valence-corrected chi connectivity index (χ2v) is 5.86. The van der Waals surface area contributed by atoms with Gasteiger partial charge in [-0.2, -0.15) is 5.10 Å². The van der Waals surface area contributed by atoms with Crippen molar-refractivity contribution >= 4 is 12.1 Å². The van der Waals surface area contributed by atoms with E-state index < -0.39 is 0 Å². The number of carbonyl (C=O) groups excluding carboxylic acids is 1. The average Bonchev–Trinajstić information content (AvgIpc) is 2.56. The second-order valence-electron chi connectivity index (χ2n) is 5.86. The Bertz CT molecular complexity index is 762. The molecule has 0 spiro atoms. The van der Waals surface area contributed by atoms with Crippen LogP contribution < -0.4 is 0 Å². The maximum absolute atomic E-state index is 12.6. The van der Waals surface area contributed by atoms with Crippen LogP contribution >= 0.6 is 0 Å². The quantitative estimate of drug-likeness (QED) is 0.470. The first-order chi connectivity index (χ1) is 11.5. The summed E-state index contributed by atoms with van der Waals surface area (Å²) in [5.41, 5.74) is 5.36. The van der Waals surface area contributed by atoms with Crippen LogP contribution in [-0.4, -0.2) is 23.7 Å². The summed E-state index contributed by atoms with van der Waals surface area (Å²) in [4.78, 5) is 12.6. The summed E-state index contributed by atoms with van der Waals surface area (Å²) in [5, 5.41) is 5.64. The Balaban J connectivity index is 2.16. The Morgan fingerprint density at radius 1 is 1.12 bits per heavy atom. The van der Waals surface area contributed by atoms with E-state index in [2.05, 4.69) is 11.0 Å². The third-order valence-corrected chi connectivity index (χ3v) is 3.92. The van der Waals surface area contributed by atoms with Crippen LogP contribution in [0, 0.1) is 33.1 Å². The minimum atomic E-state index is -0.103. The first-order valence-corrected chi connectivity index (χ1v) is 7.91. The predicted molar refractivity (Wildman–Crippen MR) is 98.9 cm³/mol. The maximum Gasteiger partial charge on any atom is 0.248 e. The Morgan fingerprint density at radius 3 is 2.33 bits per heavy atom. The van der Waals surface area contributed by atoms with Gasteiger partial charge >= 0.3 is 0 Å². The van der Waals surface area contributed by atoms with Crippen molar-refractivity contribution in [2.24, 2.45) is 5.10 Å². The summed E-state index contributed by atoms with van der Waals surface area (Å²) >= 11 is 0. The molecule has 0 heterocycles. The van der Waals surface area contributed by atoms with E-state index in [-0.39, 0.29) is 12.5 Å². The Morgan fingerprint density at radius 2 is 1.75 bits per heavy atom. The Hall–Kier alpha value is -2.86. The molecule has 0 saturated heterocycles. The summed E-state index contributed by atoms with van der Waals surface area (Å²) in [5.74, 6) is 2.40. The highest BCUT2D eigenvalue weighted by Gasteiger charge is 2.14. The summed E-state index contributed by atoms with van der Waals surface area (Å²) in [7, 11) is 0. The van der Waals surface area contributed by atoms with Crippen molar-refractivity contribution < 1.29 is 4.79 Å². The highest BCUT2D eigenvalue weighted by molar-refractivity contribution is 5.84. The SMILES string of the molecule is C#CCN(/N=C/c1ccc(C)cc1)C(=O)Cc1c(C)cccc1C.